The van der Waals surface area contributed by atoms with Crippen LogP contribution in [-0.4, -0.2) is 5.78 Å². The third kappa shape index (κ3) is 3.64. The summed E-state index contributed by atoms with van der Waals surface area (Å²) in [4.78, 5) is 11.4. The van der Waals surface area contributed by atoms with E-state index in [1.54, 1.807) is 18.2 Å². The summed E-state index contributed by atoms with van der Waals surface area (Å²) in [5, 5.41) is 0.418. The van der Waals surface area contributed by atoms with Crippen molar-refractivity contribution in [2.75, 3.05) is 0 Å². The molecule has 3 heteroatoms. The van der Waals surface area contributed by atoms with Crippen LogP contribution in [-0.2, 0) is 0 Å². The second-order valence-corrected chi connectivity index (χ2v) is 5.55. The lowest BCUT2D eigenvalue weighted by Crippen LogP contribution is -1.97. The van der Waals surface area contributed by atoms with E-state index in [9.17, 15) is 4.79 Å². The number of ketones is 1. The molecule has 0 aliphatic heterocycles. The van der Waals surface area contributed by atoms with Crippen molar-refractivity contribution in [3.8, 4) is 11.5 Å². The standard InChI is InChI=1S/C18H19ClO2/c1-4-12(2)15-7-5-6-8-18(15)21-14-9-10-16(13(3)20)17(19)11-14/h5-12H,4H2,1-3H3. The smallest absolute Gasteiger partial charge is 0.161 e. The summed E-state index contributed by atoms with van der Waals surface area (Å²) >= 11 is 6.12. The van der Waals surface area contributed by atoms with Crippen LogP contribution < -0.4 is 4.74 Å². The zero-order chi connectivity index (χ0) is 15.4. The molecule has 0 heterocycles. The Kier molecular flexibility index (Phi) is 5.03. The molecule has 0 saturated heterocycles. The van der Waals surface area contributed by atoms with Crippen LogP contribution in [0.2, 0.25) is 5.02 Å². The highest BCUT2D eigenvalue weighted by atomic mass is 35.5. The molecular weight excluding hydrogens is 284 g/mol. The van der Waals surface area contributed by atoms with E-state index in [0.717, 1.165) is 12.2 Å². The van der Waals surface area contributed by atoms with Gasteiger partial charge in [0, 0.05) is 11.6 Å². The van der Waals surface area contributed by atoms with Crippen LogP contribution in [0.25, 0.3) is 0 Å². The third-order valence-electron chi connectivity index (χ3n) is 3.61. The van der Waals surface area contributed by atoms with E-state index >= 15 is 0 Å². The molecule has 0 bridgehead atoms. The Labute approximate surface area is 130 Å². The van der Waals surface area contributed by atoms with E-state index in [2.05, 4.69) is 19.9 Å². The lowest BCUT2D eigenvalue weighted by atomic mass is 9.98. The van der Waals surface area contributed by atoms with Gasteiger partial charge in [0.15, 0.2) is 5.78 Å². The summed E-state index contributed by atoms with van der Waals surface area (Å²) < 4.78 is 5.95. The zero-order valence-corrected chi connectivity index (χ0v) is 13.3. The lowest BCUT2D eigenvalue weighted by molar-refractivity contribution is 0.101. The van der Waals surface area contributed by atoms with Gasteiger partial charge in [0.1, 0.15) is 11.5 Å². The SMILES string of the molecule is CCC(C)c1ccccc1Oc1ccc(C(C)=O)c(Cl)c1. The second-order valence-electron chi connectivity index (χ2n) is 5.15. The largest absolute Gasteiger partial charge is 0.457 e. The van der Waals surface area contributed by atoms with Gasteiger partial charge in [-0.15, -0.1) is 0 Å². The van der Waals surface area contributed by atoms with Crippen LogP contribution in [0, 0.1) is 0 Å². The number of Topliss-reactive ketones (excluding diaryl/α,β-unsaturated/α-hetero) is 1. The molecule has 0 radical (unpaired) electrons. The Balaban J connectivity index is 2.31. The van der Waals surface area contributed by atoms with Crippen LogP contribution in [0.5, 0.6) is 11.5 Å². The van der Waals surface area contributed by atoms with Gasteiger partial charge >= 0.3 is 0 Å². The van der Waals surface area contributed by atoms with E-state index < -0.39 is 0 Å². The monoisotopic (exact) mass is 302 g/mol. The molecule has 2 rings (SSSR count). The lowest BCUT2D eigenvalue weighted by Gasteiger charge is -2.15. The van der Waals surface area contributed by atoms with Crippen molar-refractivity contribution in [2.45, 2.75) is 33.1 Å². The fourth-order valence-electron chi connectivity index (χ4n) is 2.17. The highest BCUT2D eigenvalue weighted by molar-refractivity contribution is 6.34. The normalized spacial score (nSPS) is 12.0. The number of halogens is 1. The van der Waals surface area contributed by atoms with Gasteiger partial charge in [-0.3, -0.25) is 4.79 Å². The zero-order valence-electron chi connectivity index (χ0n) is 12.5. The van der Waals surface area contributed by atoms with Crippen molar-refractivity contribution < 1.29 is 9.53 Å². The maximum atomic E-state index is 11.4. The molecular formula is C18H19ClO2. The predicted octanol–water partition coefficient (Wildman–Crippen LogP) is 5.85. The first kappa shape index (κ1) is 15.6. The highest BCUT2D eigenvalue weighted by Crippen LogP contribution is 2.33. The van der Waals surface area contributed by atoms with Gasteiger partial charge in [-0.25, -0.2) is 0 Å². The van der Waals surface area contributed by atoms with E-state index in [-0.39, 0.29) is 5.78 Å². The minimum atomic E-state index is -0.0495. The van der Waals surface area contributed by atoms with Crippen LogP contribution in [0.1, 0.15) is 49.0 Å². The molecule has 1 atom stereocenters. The van der Waals surface area contributed by atoms with Gasteiger partial charge in [-0.05, 0) is 43.0 Å². The Bertz CT molecular complexity index is 649. The molecule has 0 spiro atoms. The number of carbonyl (C=O) groups excluding carboxylic acids is 1. The van der Waals surface area contributed by atoms with Crippen molar-refractivity contribution in [3.05, 3.63) is 58.6 Å². The first-order chi connectivity index (χ1) is 10.0. The van der Waals surface area contributed by atoms with Crippen molar-refractivity contribution >= 4 is 17.4 Å². The fourth-order valence-corrected chi connectivity index (χ4v) is 2.48. The molecule has 2 aromatic rings. The predicted molar refractivity (Wildman–Crippen MR) is 86.7 cm³/mol. The molecule has 0 aliphatic rings. The molecule has 2 aromatic carbocycles. The quantitative estimate of drug-likeness (QED) is 0.648. The van der Waals surface area contributed by atoms with Gasteiger partial charge in [0.05, 0.1) is 5.02 Å². The van der Waals surface area contributed by atoms with Gasteiger partial charge in [0.2, 0.25) is 0 Å². The number of benzene rings is 2. The number of rotatable bonds is 5. The molecule has 21 heavy (non-hydrogen) atoms. The number of hydrogen-bond donors (Lipinski definition) is 0. The van der Waals surface area contributed by atoms with Crippen molar-refractivity contribution in [2.24, 2.45) is 0 Å². The molecule has 0 N–H and O–H groups in total. The number of hydrogen-bond acceptors (Lipinski definition) is 2. The first-order valence-electron chi connectivity index (χ1n) is 7.10. The van der Waals surface area contributed by atoms with Crippen molar-refractivity contribution in [3.63, 3.8) is 0 Å². The number of ether oxygens (including phenoxy) is 1. The van der Waals surface area contributed by atoms with E-state index in [1.165, 1.54) is 12.5 Å². The minimum Gasteiger partial charge on any atom is -0.457 e. The van der Waals surface area contributed by atoms with Crippen LogP contribution in [0.4, 0.5) is 0 Å². The summed E-state index contributed by atoms with van der Waals surface area (Å²) in [6.07, 6.45) is 1.05. The van der Waals surface area contributed by atoms with Gasteiger partial charge < -0.3 is 4.74 Å². The molecule has 0 amide bonds. The molecule has 2 nitrogen and oxygen atoms in total. The van der Waals surface area contributed by atoms with Crippen LogP contribution in [0.15, 0.2) is 42.5 Å². The van der Waals surface area contributed by atoms with E-state index in [4.69, 9.17) is 16.3 Å². The number of para-hydroxylation sites is 1. The topological polar surface area (TPSA) is 26.3 Å². The van der Waals surface area contributed by atoms with Crippen molar-refractivity contribution in [1.29, 1.82) is 0 Å². The van der Waals surface area contributed by atoms with Gasteiger partial charge in [-0.2, -0.15) is 0 Å². The summed E-state index contributed by atoms with van der Waals surface area (Å²) in [5.41, 5.74) is 1.69. The van der Waals surface area contributed by atoms with Crippen LogP contribution >= 0.6 is 11.6 Å². The molecule has 0 aliphatic carbocycles. The Morgan fingerprint density at radius 1 is 1.24 bits per heavy atom. The first-order valence-corrected chi connectivity index (χ1v) is 7.48. The molecule has 110 valence electrons. The van der Waals surface area contributed by atoms with Crippen molar-refractivity contribution in [1.82, 2.24) is 0 Å². The second kappa shape index (κ2) is 6.77. The van der Waals surface area contributed by atoms with E-state index in [1.807, 2.05) is 18.2 Å². The summed E-state index contributed by atoms with van der Waals surface area (Å²) in [6, 6.07) is 13.2. The average Bonchev–Trinajstić information content (AvgIpc) is 2.46. The third-order valence-corrected chi connectivity index (χ3v) is 3.92. The molecule has 1 unspecified atom stereocenters. The molecule has 0 saturated carbocycles. The van der Waals surface area contributed by atoms with Gasteiger partial charge in [-0.1, -0.05) is 43.6 Å². The van der Waals surface area contributed by atoms with Crippen LogP contribution in [0.3, 0.4) is 0 Å². The molecule has 0 aromatic heterocycles. The summed E-state index contributed by atoms with van der Waals surface area (Å²) in [5.74, 6) is 1.85. The minimum absolute atomic E-state index is 0.0495. The maximum Gasteiger partial charge on any atom is 0.161 e. The Hall–Kier alpha value is -1.80. The maximum absolute atomic E-state index is 11.4. The Morgan fingerprint density at radius 3 is 2.57 bits per heavy atom. The number of carbonyl (C=O) groups is 1. The Morgan fingerprint density at radius 2 is 1.95 bits per heavy atom. The van der Waals surface area contributed by atoms with E-state index in [0.29, 0.717) is 22.3 Å². The highest BCUT2D eigenvalue weighted by Gasteiger charge is 2.12. The summed E-state index contributed by atoms with van der Waals surface area (Å²) in [6.45, 7) is 5.83. The molecule has 0 fully saturated rings. The average molecular weight is 303 g/mol. The van der Waals surface area contributed by atoms with Gasteiger partial charge in [0.25, 0.3) is 0 Å². The fraction of sp³-hybridized carbons (Fsp3) is 0.278. The summed E-state index contributed by atoms with van der Waals surface area (Å²) in [7, 11) is 0.